The second-order valence-corrected chi connectivity index (χ2v) is 7.62. The van der Waals surface area contributed by atoms with Gasteiger partial charge in [-0.1, -0.05) is 29.8 Å². The number of hydrogen-bond acceptors (Lipinski definition) is 4. The van der Waals surface area contributed by atoms with E-state index >= 15 is 0 Å². The van der Waals surface area contributed by atoms with Crippen molar-refractivity contribution < 1.29 is 23.1 Å². The van der Waals surface area contributed by atoms with Gasteiger partial charge in [-0.2, -0.15) is 0 Å². The summed E-state index contributed by atoms with van der Waals surface area (Å²) in [6, 6.07) is 10.9. The summed E-state index contributed by atoms with van der Waals surface area (Å²) in [6.07, 6.45) is -0.465. The van der Waals surface area contributed by atoms with E-state index in [0.717, 1.165) is 0 Å². The minimum atomic E-state index is -4.00. The molecule has 26 heavy (non-hydrogen) atoms. The van der Waals surface area contributed by atoms with Crippen LogP contribution in [0.1, 0.15) is 24.9 Å². The van der Waals surface area contributed by atoms with Crippen molar-refractivity contribution in [1.82, 2.24) is 4.72 Å². The minimum Gasteiger partial charge on any atom is -0.481 e. The third-order valence-corrected chi connectivity index (χ3v) is 5.27. The van der Waals surface area contributed by atoms with Crippen LogP contribution in [0, 0.1) is 0 Å². The van der Waals surface area contributed by atoms with Crippen molar-refractivity contribution in [1.29, 1.82) is 0 Å². The molecule has 0 aliphatic carbocycles. The highest BCUT2D eigenvalue weighted by Gasteiger charge is 2.25. The molecule has 0 saturated heterocycles. The van der Waals surface area contributed by atoms with Gasteiger partial charge in [-0.05, 0) is 35.9 Å². The van der Waals surface area contributed by atoms with Crippen molar-refractivity contribution in [3.8, 4) is 0 Å². The molecule has 0 spiro atoms. The average molecular weight is 397 g/mol. The molecule has 0 aliphatic heterocycles. The van der Waals surface area contributed by atoms with Crippen LogP contribution in [0.25, 0.3) is 0 Å². The standard InChI is InChI=1S/C17H17ClN2O5S/c1-11(21)19-12-6-8-13(9-7-12)26(24,25)20-16(10-17(22)23)14-4-2-3-5-15(14)18/h2-9,16,20H,10H2,1H3,(H,19,21)(H,22,23)/t16-/m1/s1. The first-order chi connectivity index (χ1) is 12.2. The maximum Gasteiger partial charge on any atom is 0.305 e. The maximum absolute atomic E-state index is 12.6. The van der Waals surface area contributed by atoms with Gasteiger partial charge in [-0.3, -0.25) is 9.59 Å². The molecular formula is C17H17ClN2O5S. The number of sulfonamides is 1. The number of rotatable bonds is 7. The summed E-state index contributed by atoms with van der Waals surface area (Å²) in [7, 11) is -4.00. The molecule has 3 N–H and O–H groups in total. The zero-order valence-electron chi connectivity index (χ0n) is 13.8. The molecule has 1 amide bonds. The van der Waals surface area contributed by atoms with Crippen LogP contribution in [-0.4, -0.2) is 25.4 Å². The second kappa shape index (κ2) is 8.31. The Labute approximate surface area is 156 Å². The number of carboxylic acids is 1. The van der Waals surface area contributed by atoms with E-state index in [1.807, 2.05) is 0 Å². The Morgan fingerprint density at radius 2 is 1.73 bits per heavy atom. The number of hydrogen-bond donors (Lipinski definition) is 3. The lowest BCUT2D eigenvalue weighted by Crippen LogP contribution is -2.30. The highest BCUT2D eigenvalue weighted by Crippen LogP contribution is 2.27. The van der Waals surface area contributed by atoms with Crippen LogP contribution in [-0.2, 0) is 19.6 Å². The summed E-state index contributed by atoms with van der Waals surface area (Å²) in [4.78, 5) is 22.1. The first-order valence-electron chi connectivity index (χ1n) is 7.55. The summed E-state index contributed by atoms with van der Waals surface area (Å²) in [5.74, 6) is -1.45. The van der Waals surface area contributed by atoms with Gasteiger partial charge in [0.2, 0.25) is 15.9 Å². The van der Waals surface area contributed by atoms with Crippen LogP contribution in [0.2, 0.25) is 5.02 Å². The monoisotopic (exact) mass is 396 g/mol. The van der Waals surface area contributed by atoms with E-state index in [2.05, 4.69) is 10.0 Å². The van der Waals surface area contributed by atoms with E-state index in [4.69, 9.17) is 16.7 Å². The molecule has 0 bridgehead atoms. The van der Waals surface area contributed by atoms with E-state index in [1.54, 1.807) is 24.3 Å². The van der Waals surface area contributed by atoms with Crippen LogP contribution in [0.15, 0.2) is 53.4 Å². The summed E-state index contributed by atoms with van der Waals surface area (Å²) in [5, 5.41) is 11.9. The van der Waals surface area contributed by atoms with Gasteiger partial charge in [0.25, 0.3) is 0 Å². The molecule has 1 atom stereocenters. The minimum absolute atomic E-state index is 0.0611. The molecule has 0 aromatic heterocycles. The van der Waals surface area contributed by atoms with Crippen molar-refractivity contribution in [3.05, 3.63) is 59.1 Å². The Kier molecular flexibility index (Phi) is 6.36. The smallest absolute Gasteiger partial charge is 0.305 e. The predicted molar refractivity (Wildman–Crippen MR) is 97.5 cm³/mol. The molecule has 0 saturated carbocycles. The van der Waals surface area contributed by atoms with Crippen molar-refractivity contribution in [2.75, 3.05) is 5.32 Å². The zero-order valence-corrected chi connectivity index (χ0v) is 15.3. The summed E-state index contributed by atoms with van der Waals surface area (Å²) >= 11 is 6.08. The Balaban J connectivity index is 2.30. The molecule has 0 radical (unpaired) electrons. The zero-order chi connectivity index (χ0) is 19.3. The van der Waals surface area contributed by atoms with Crippen LogP contribution in [0.5, 0.6) is 0 Å². The van der Waals surface area contributed by atoms with Gasteiger partial charge in [0.15, 0.2) is 0 Å². The SMILES string of the molecule is CC(=O)Nc1ccc(S(=O)(=O)N[C@H](CC(=O)O)c2ccccc2Cl)cc1. The lowest BCUT2D eigenvalue weighted by atomic mass is 10.1. The molecule has 2 aromatic carbocycles. The Morgan fingerprint density at radius 3 is 2.27 bits per heavy atom. The highest BCUT2D eigenvalue weighted by molar-refractivity contribution is 7.89. The normalized spacial score (nSPS) is 12.4. The van der Waals surface area contributed by atoms with Crippen molar-refractivity contribution in [3.63, 3.8) is 0 Å². The van der Waals surface area contributed by atoms with Gasteiger partial charge in [-0.25, -0.2) is 13.1 Å². The van der Waals surface area contributed by atoms with Gasteiger partial charge in [0.05, 0.1) is 17.4 Å². The fraction of sp³-hybridized carbons (Fsp3) is 0.176. The molecule has 0 unspecified atom stereocenters. The molecule has 0 heterocycles. The average Bonchev–Trinajstić information content (AvgIpc) is 2.54. The van der Waals surface area contributed by atoms with Gasteiger partial charge in [-0.15, -0.1) is 0 Å². The number of amides is 1. The fourth-order valence-corrected chi connectivity index (χ4v) is 3.81. The highest BCUT2D eigenvalue weighted by atomic mass is 35.5. The third-order valence-electron chi connectivity index (χ3n) is 3.44. The molecule has 138 valence electrons. The quantitative estimate of drug-likeness (QED) is 0.666. The van der Waals surface area contributed by atoms with Gasteiger partial charge in [0, 0.05) is 17.6 Å². The molecule has 2 rings (SSSR count). The first kappa shape index (κ1) is 19.9. The molecule has 0 fully saturated rings. The van der Waals surface area contributed by atoms with Crippen LogP contribution in [0.3, 0.4) is 0 Å². The molecule has 7 nitrogen and oxygen atoms in total. The van der Waals surface area contributed by atoms with E-state index in [-0.39, 0.29) is 15.8 Å². The number of carbonyl (C=O) groups excluding carboxylic acids is 1. The number of aliphatic carboxylic acids is 1. The molecule has 2 aromatic rings. The number of carbonyl (C=O) groups is 2. The largest absolute Gasteiger partial charge is 0.481 e. The van der Waals surface area contributed by atoms with Crippen molar-refractivity contribution in [2.24, 2.45) is 0 Å². The molecule has 0 aliphatic rings. The molecule has 9 heteroatoms. The van der Waals surface area contributed by atoms with E-state index < -0.39 is 28.5 Å². The van der Waals surface area contributed by atoms with Crippen LogP contribution in [0.4, 0.5) is 5.69 Å². The molecular weight excluding hydrogens is 380 g/mol. The Bertz CT molecular complexity index is 913. The lowest BCUT2D eigenvalue weighted by Gasteiger charge is -2.19. The number of halogens is 1. The Morgan fingerprint density at radius 1 is 1.12 bits per heavy atom. The maximum atomic E-state index is 12.6. The first-order valence-corrected chi connectivity index (χ1v) is 9.41. The summed E-state index contributed by atoms with van der Waals surface area (Å²) < 4.78 is 27.6. The van der Waals surface area contributed by atoms with Crippen LogP contribution >= 0.6 is 11.6 Å². The predicted octanol–water partition coefficient (Wildman–Crippen LogP) is 2.79. The number of nitrogens with one attached hydrogen (secondary N) is 2. The van der Waals surface area contributed by atoms with Gasteiger partial charge < -0.3 is 10.4 Å². The number of anilines is 1. The second-order valence-electron chi connectivity index (χ2n) is 5.50. The number of benzene rings is 2. The summed E-state index contributed by atoms with van der Waals surface area (Å²) in [5.41, 5.74) is 0.819. The third kappa shape index (κ3) is 5.29. The van der Waals surface area contributed by atoms with E-state index in [1.165, 1.54) is 31.2 Å². The fourth-order valence-electron chi connectivity index (χ4n) is 2.32. The van der Waals surface area contributed by atoms with Crippen molar-refractivity contribution in [2.45, 2.75) is 24.3 Å². The summed E-state index contributed by atoms with van der Waals surface area (Å²) in [6.45, 7) is 1.34. The van der Waals surface area contributed by atoms with E-state index in [0.29, 0.717) is 11.3 Å². The van der Waals surface area contributed by atoms with Crippen molar-refractivity contribution >= 4 is 39.2 Å². The van der Waals surface area contributed by atoms with E-state index in [9.17, 15) is 18.0 Å². The Hall–Kier alpha value is -2.42. The van der Waals surface area contributed by atoms with Crippen LogP contribution < -0.4 is 10.0 Å². The topological polar surface area (TPSA) is 113 Å². The van der Waals surface area contributed by atoms with Gasteiger partial charge in [0.1, 0.15) is 0 Å². The lowest BCUT2D eigenvalue weighted by molar-refractivity contribution is -0.137. The number of carboxylic acid groups (broad SMARTS) is 1. The van der Waals surface area contributed by atoms with Gasteiger partial charge >= 0.3 is 5.97 Å².